The minimum Gasteiger partial charge on any atom is -0.352 e. The van der Waals surface area contributed by atoms with Gasteiger partial charge in [0.25, 0.3) is 5.91 Å². The van der Waals surface area contributed by atoms with E-state index in [1.54, 1.807) is 24.1 Å². The van der Waals surface area contributed by atoms with Crippen LogP contribution in [0.15, 0.2) is 65.8 Å². The first-order chi connectivity index (χ1) is 13.7. The molecule has 4 N–H and O–H groups in total. The number of hydrogen-bond acceptors (Lipinski definition) is 7. The van der Waals surface area contributed by atoms with Crippen LogP contribution in [0, 0.1) is 0 Å². The van der Waals surface area contributed by atoms with E-state index in [0.717, 1.165) is 16.3 Å². The predicted molar refractivity (Wildman–Crippen MR) is 114 cm³/mol. The summed E-state index contributed by atoms with van der Waals surface area (Å²) < 4.78 is 3.06. The molecule has 3 rings (SSSR count). The smallest absolute Gasteiger partial charge is 0.251 e. The van der Waals surface area contributed by atoms with Crippen LogP contribution in [0.5, 0.6) is 0 Å². The van der Waals surface area contributed by atoms with Crippen molar-refractivity contribution in [1.82, 2.24) is 20.0 Å². The molecule has 144 valence electrons. The van der Waals surface area contributed by atoms with Gasteiger partial charge in [0.1, 0.15) is 18.0 Å². The third kappa shape index (κ3) is 5.45. The van der Waals surface area contributed by atoms with Crippen molar-refractivity contribution >= 4 is 40.9 Å². The van der Waals surface area contributed by atoms with E-state index in [2.05, 4.69) is 30.6 Å². The largest absolute Gasteiger partial charge is 0.352 e. The Labute approximate surface area is 168 Å². The molecule has 1 aromatic heterocycles. The molecule has 3 aromatic rings. The van der Waals surface area contributed by atoms with Gasteiger partial charge in [-0.3, -0.25) is 9.52 Å². The molecular weight excluding hydrogens is 372 g/mol. The molecule has 7 nitrogen and oxygen atoms in total. The highest BCUT2D eigenvalue weighted by Gasteiger charge is 2.05. The summed E-state index contributed by atoms with van der Waals surface area (Å²) in [4.78, 5) is 21.5. The van der Waals surface area contributed by atoms with Crippen LogP contribution in [0.3, 0.4) is 0 Å². The van der Waals surface area contributed by atoms with Gasteiger partial charge in [-0.05, 0) is 68.4 Å². The Bertz CT molecular complexity index is 932. The molecule has 0 fully saturated rings. The van der Waals surface area contributed by atoms with Gasteiger partial charge in [0.05, 0.1) is 0 Å². The Morgan fingerprint density at radius 1 is 0.964 bits per heavy atom. The molecule has 8 heteroatoms. The van der Waals surface area contributed by atoms with Crippen LogP contribution in [0.4, 0.5) is 23.0 Å². The normalized spacial score (nSPS) is 10.4. The highest BCUT2D eigenvalue weighted by atomic mass is 32.2. The SMILES string of the molecule is CCNC(=O)c1ccc(Nc2cc(Nc3cccc(SNC)c3)ncn2)cc1. The molecule has 0 aliphatic rings. The zero-order valence-corrected chi connectivity index (χ0v) is 16.5. The van der Waals surface area contributed by atoms with Crippen molar-refractivity contribution in [3.8, 4) is 0 Å². The van der Waals surface area contributed by atoms with E-state index in [-0.39, 0.29) is 5.91 Å². The molecule has 0 spiro atoms. The highest BCUT2D eigenvalue weighted by molar-refractivity contribution is 7.97. The van der Waals surface area contributed by atoms with Gasteiger partial charge in [-0.1, -0.05) is 6.07 Å². The lowest BCUT2D eigenvalue weighted by Crippen LogP contribution is -2.22. The van der Waals surface area contributed by atoms with Crippen LogP contribution in [0.1, 0.15) is 17.3 Å². The average Bonchev–Trinajstić information content (AvgIpc) is 2.70. The second-order valence-corrected chi connectivity index (χ2v) is 6.89. The van der Waals surface area contributed by atoms with Crippen molar-refractivity contribution in [3.05, 3.63) is 66.5 Å². The molecule has 0 bridgehead atoms. The minimum atomic E-state index is -0.0822. The Kier molecular flexibility index (Phi) is 6.83. The molecule has 1 amide bonds. The number of benzene rings is 2. The summed E-state index contributed by atoms with van der Waals surface area (Å²) in [6.45, 7) is 2.50. The fourth-order valence-corrected chi connectivity index (χ4v) is 3.08. The van der Waals surface area contributed by atoms with Crippen LogP contribution in [0.25, 0.3) is 0 Å². The lowest BCUT2D eigenvalue weighted by molar-refractivity contribution is 0.0956. The van der Waals surface area contributed by atoms with Gasteiger partial charge in [0.15, 0.2) is 0 Å². The summed E-state index contributed by atoms with van der Waals surface area (Å²) in [5.74, 6) is 1.26. The van der Waals surface area contributed by atoms with Crippen LogP contribution in [-0.4, -0.2) is 29.5 Å². The number of carbonyl (C=O) groups is 1. The van der Waals surface area contributed by atoms with E-state index < -0.39 is 0 Å². The fraction of sp³-hybridized carbons (Fsp3) is 0.150. The molecule has 0 atom stereocenters. The zero-order chi connectivity index (χ0) is 19.8. The van der Waals surface area contributed by atoms with Gasteiger partial charge in [-0.2, -0.15) is 0 Å². The zero-order valence-electron chi connectivity index (χ0n) is 15.7. The van der Waals surface area contributed by atoms with Gasteiger partial charge < -0.3 is 16.0 Å². The van der Waals surface area contributed by atoms with Crippen molar-refractivity contribution in [2.75, 3.05) is 24.2 Å². The monoisotopic (exact) mass is 394 g/mol. The lowest BCUT2D eigenvalue weighted by Gasteiger charge is -2.10. The number of rotatable bonds is 8. The number of nitrogens with zero attached hydrogens (tertiary/aromatic N) is 2. The van der Waals surface area contributed by atoms with Gasteiger partial charge in [-0.15, -0.1) is 0 Å². The summed E-state index contributed by atoms with van der Waals surface area (Å²) in [5.41, 5.74) is 2.40. The summed E-state index contributed by atoms with van der Waals surface area (Å²) >= 11 is 1.55. The summed E-state index contributed by atoms with van der Waals surface area (Å²) in [5, 5.41) is 9.28. The van der Waals surface area contributed by atoms with Gasteiger partial charge in [0, 0.05) is 34.4 Å². The Morgan fingerprint density at radius 2 is 1.68 bits per heavy atom. The molecular formula is C20H22N6OS. The first-order valence-electron chi connectivity index (χ1n) is 8.86. The maximum absolute atomic E-state index is 11.8. The molecule has 28 heavy (non-hydrogen) atoms. The predicted octanol–water partition coefficient (Wildman–Crippen LogP) is 3.94. The van der Waals surface area contributed by atoms with Crippen LogP contribution >= 0.6 is 11.9 Å². The van der Waals surface area contributed by atoms with Crippen molar-refractivity contribution in [2.45, 2.75) is 11.8 Å². The van der Waals surface area contributed by atoms with E-state index in [0.29, 0.717) is 23.7 Å². The number of aromatic nitrogens is 2. The van der Waals surface area contributed by atoms with E-state index in [1.807, 2.05) is 56.4 Å². The Balaban J connectivity index is 1.68. The molecule has 0 aliphatic heterocycles. The van der Waals surface area contributed by atoms with Crippen LogP contribution < -0.4 is 20.7 Å². The maximum Gasteiger partial charge on any atom is 0.251 e. The van der Waals surface area contributed by atoms with Crippen LogP contribution in [0.2, 0.25) is 0 Å². The Hall–Kier alpha value is -3.10. The highest BCUT2D eigenvalue weighted by Crippen LogP contribution is 2.23. The average molecular weight is 395 g/mol. The van der Waals surface area contributed by atoms with Gasteiger partial charge >= 0.3 is 0 Å². The first-order valence-corrected chi connectivity index (χ1v) is 9.67. The molecule has 0 saturated heterocycles. The summed E-state index contributed by atoms with van der Waals surface area (Å²) in [6, 6.07) is 17.1. The van der Waals surface area contributed by atoms with Crippen LogP contribution in [-0.2, 0) is 0 Å². The number of amides is 1. The maximum atomic E-state index is 11.8. The van der Waals surface area contributed by atoms with E-state index >= 15 is 0 Å². The van der Waals surface area contributed by atoms with E-state index in [4.69, 9.17) is 0 Å². The quantitative estimate of drug-likeness (QED) is 0.430. The second-order valence-electron chi connectivity index (χ2n) is 5.81. The molecule has 0 radical (unpaired) electrons. The summed E-state index contributed by atoms with van der Waals surface area (Å²) in [7, 11) is 1.88. The lowest BCUT2D eigenvalue weighted by atomic mass is 10.2. The second kappa shape index (κ2) is 9.72. The number of carbonyl (C=O) groups excluding carboxylic acids is 1. The van der Waals surface area contributed by atoms with Crippen molar-refractivity contribution < 1.29 is 4.79 Å². The third-order valence-electron chi connectivity index (χ3n) is 3.75. The minimum absolute atomic E-state index is 0.0822. The van der Waals surface area contributed by atoms with Gasteiger partial charge in [0.2, 0.25) is 0 Å². The molecule has 2 aromatic carbocycles. The summed E-state index contributed by atoms with van der Waals surface area (Å²) in [6.07, 6.45) is 1.50. The number of hydrogen-bond donors (Lipinski definition) is 4. The number of anilines is 4. The topological polar surface area (TPSA) is 91.0 Å². The van der Waals surface area contributed by atoms with Crippen molar-refractivity contribution in [3.63, 3.8) is 0 Å². The molecule has 0 aliphatic carbocycles. The molecule has 0 unspecified atom stereocenters. The van der Waals surface area contributed by atoms with E-state index in [9.17, 15) is 4.79 Å². The number of nitrogens with one attached hydrogen (secondary N) is 4. The molecule has 0 saturated carbocycles. The van der Waals surface area contributed by atoms with Crippen molar-refractivity contribution in [2.24, 2.45) is 0 Å². The first kappa shape index (κ1) is 19.7. The fourth-order valence-electron chi connectivity index (χ4n) is 2.51. The third-order valence-corrected chi connectivity index (χ3v) is 4.44. The molecule has 1 heterocycles. The van der Waals surface area contributed by atoms with E-state index in [1.165, 1.54) is 6.33 Å². The Morgan fingerprint density at radius 3 is 2.36 bits per heavy atom. The standard InChI is InChI=1S/C20H22N6OS/c1-3-22-20(27)14-7-9-15(10-8-14)25-18-12-19(24-13-23-18)26-16-5-4-6-17(11-16)28-21-2/h4-13,21H,3H2,1-2H3,(H,22,27)(H2,23,24,25,26). The van der Waals surface area contributed by atoms with Gasteiger partial charge in [-0.25, -0.2) is 9.97 Å². The van der Waals surface area contributed by atoms with Crippen molar-refractivity contribution in [1.29, 1.82) is 0 Å².